The van der Waals surface area contributed by atoms with E-state index in [-0.39, 0.29) is 12.1 Å². The van der Waals surface area contributed by atoms with Crippen molar-refractivity contribution in [2.75, 3.05) is 13.2 Å². The van der Waals surface area contributed by atoms with Gasteiger partial charge in [0.1, 0.15) is 12.7 Å². The van der Waals surface area contributed by atoms with E-state index in [1.165, 1.54) is 0 Å². The molecule has 0 aliphatic carbocycles. The first-order chi connectivity index (χ1) is 10.3. The summed E-state index contributed by atoms with van der Waals surface area (Å²) in [6.07, 6.45) is 2.65. The second kappa shape index (κ2) is 6.13. The Labute approximate surface area is 124 Å². The van der Waals surface area contributed by atoms with Gasteiger partial charge < -0.3 is 14.8 Å². The van der Waals surface area contributed by atoms with Crippen molar-refractivity contribution in [1.29, 1.82) is 0 Å². The van der Waals surface area contributed by atoms with Crippen LogP contribution in [0.25, 0.3) is 0 Å². The van der Waals surface area contributed by atoms with Crippen LogP contribution in [-0.2, 0) is 13.5 Å². The van der Waals surface area contributed by atoms with Crippen LogP contribution in [0.3, 0.4) is 0 Å². The fourth-order valence-electron chi connectivity index (χ4n) is 2.55. The minimum atomic E-state index is -0.0399. The van der Waals surface area contributed by atoms with E-state index in [1.54, 1.807) is 4.68 Å². The summed E-state index contributed by atoms with van der Waals surface area (Å²) in [6.45, 7) is 3.49. The quantitative estimate of drug-likeness (QED) is 0.895. The molecular formula is C15H20N4O2. The summed E-state index contributed by atoms with van der Waals surface area (Å²) in [5.41, 5.74) is 0.950. The van der Waals surface area contributed by atoms with Gasteiger partial charge >= 0.3 is 0 Å². The van der Waals surface area contributed by atoms with E-state index < -0.39 is 0 Å². The van der Waals surface area contributed by atoms with Crippen molar-refractivity contribution in [3.63, 3.8) is 0 Å². The van der Waals surface area contributed by atoms with Gasteiger partial charge in [-0.3, -0.25) is 4.68 Å². The van der Waals surface area contributed by atoms with Gasteiger partial charge in [-0.15, -0.1) is 5.10 Å². The van der Waals surface area contributed by atoms with Gasteiger partial charge in [-0.25, -0.2) is 0 Å². The van der Waals surface area contributed by atoms with Crippen molar-refractivity contribution < 1.29 is 9.47 Å². The summed E-state index contributed by atoms with van der Waals surface area (Å²) in [5, 5.41) is 11.6. The van der Waals surface area contributed by atoms with Crippen LogP contribution in [0.5, 0.6) is 11.5 Å². The molecule has 0 fully saturated rings. The number of hydrogen-bond donors (Lipinski definition) is 1. The number of ether oxygens (including phenoxy) is 2. The fraction of sp³-hybridized carbons (Fsp3) is 0.467. The Morgan fingerprint density at radius 2 is 2.19 bits per heavy atom. The number of benzene rings is 1. The van der Waals surface area contributed by atoms with Crippen LogP contribution >= 0.6 is 0 Å². The zero-order chi connectivity index (χ0) is 14.7. The Kier molecular flexibility index (Phi) is 4.06. The molecule has 2 heterocycles. The molecule has 6 nitrogen and oxygen atoms in total. The number of rotatable bonds is 5. The fourth-order valence-corrected chi connectivity index (χ4v) is 2.55. The highest BCUT2D eigenvalue weighted by Gasteiger charge is 2.29. The molecule has 1 aliphatic rings. The van der Waals surface area contributed by atoms with E-state index in [4.69, 9.17) is 9.47 Å². The van der Waals surface area contributed by atoms with E-state index in [1.807, 2.05) is 37.5 Å². The Hall–Kier alpha value is -2.08. The van der Waals surface area contributed by atoms with E-state index >= 15 is 0 Å². The topological polar surface area (TPSA) is 61.2 Å². The van der Waals surface area contributed by atoms with Crippen LogP contribution in [0.4, 0.5) is 0 Å². The largest absolute Gasteiger partial charge is 0.486 e. The van der Waals surface area contributed by atoms with Crippen LogP contribution in [0.1, 0.15) is 12.6 Å². The SMILES string of the molecule is CCNC(Cc1cn(C)nn1)C1COc2ccccc2O1. The average Bonchev–Trinajstić information content (AvgIpc) is 2.91. The standard InChI is InChI=1S/C15H20N4O2/c1-3-16-12(8-11-9-19(2)18-17-11)15-10-20-13-6-4-5-7-14(13)21-15/h4-7,9,12,15-16H,3,8,10H2,1-2H3. The second-order valence-corrected chi connectivity index (χ2v) is 5.17. The van der Waals surface area contributed by atoms with Crippen LogP contribution in [0, 0.1) is 0 Å². The minimum absolute atomic E-state index is 0.0399. The monoisotopic (exact) mass is 288 g/mol. The molecule has 21 heavy (non-hydrogen) atoms. The number of para-hydroxylation sites is 2. The van der Waals surface area contributed by atoms with Crippen LogP contribution in [0.15, 0.2) is 30.5 Å². The maximum atomic E-state index is 6.08. The molecule has 112 valence electrons. The van der Waals surface area contributed by atoms with Crippen molar-refractivity contribution in [1.82, 2.24) is 20.3 Å². The summed E-state index contributed by atoms with van der Waals surface area (Å²) in [7, 11) is 1.87. The molecule has 2 atom stereocenters. The predicted molar refractivity (Wildman–Crippen MR) is 78.5 cm³/mol. The predicted octanol–water partition coefficient (Wildman–Crippen LogP) is 1.18. The molecule has 0 saturated heterocycles. The van der Waals surface area contributed by atoms with Gasteiger partial charge in [-0.2, -0.15) is 0 Å². The molecule has 1 aromatic carbocycles. The van der Waals surface area contributed by atoms with Crippen molar-refractivity contribution in [3.8, 4) is 11.5 Å². The Balaban J connectivity index is 1.72. The lowest BCUT2D eigenvalue weighted by atomic mass is 10.1. The molecule has 0 spiro atoms. The molecule has 0 bridgehead atoms. The maximum absolute atomic E-state index is 6.08. The number of hydrogen-bond acceptors (Lipinski definition) is 5. The zero-order valence-electron chi connectivity index (χ0n) is 12.3. The molecule has 1 aliphatic heterocycles. The van der Waals surface area contributed by atoms with Crippen molar-refractivity contribution in [3.05, 3.63) is 36.2 Å². The van der Waals surface area contributed by atoms with E-state index in [0.29, 0.717) is 6.61 Å². The highest BCUT2D eigenvalue weighted by molar-refractivity contribution is 5.40. The number of aromatic nitrogens is 3. The average molecular weight is 288 g/mol. The Morgan fingerprint density at radius 3 is 2.90 bits per heavy atom. The summed E-state index contributed by atoms with van der Waals surface area (Å²) in [5.74, 6) is 1.61. The first-order valence-corrected chi connectivity index (χ1v) is 7.23. The molecule has 0 radical (unpaired) electrons. The summed E-state index contributed by atoms with van der Waals surface area (Å²) in [4.78, 5) is 0. The van der Waals surface area contributed by atoms with Crippen molar-refractivity contribution >= 4 is 0 Å². The summed E-state index contributed by atoms with van der Waals surface area (Å²) >= 11 is 0. The highest BCUT2D eigenvalue weighted by Crippen LogP contribution is 2.31. The second-order valence-electron chi connectivity index (χ2n) is 5.17. The summed E-state index contributed by atoms with van der Waals surface area (Å²) in [6, 6.07) is 7.91. The normalized spacial score (nSPS) is 18.5. The van der Waals surface area contributed by atoms with Gasteiger partial charge in [0.15, 0.2) is 11.5 Å². The molecular weight excluding hydrogens is 268 g/mol. The van der Waals surface area contributed by atoms with E-state index in [9.17, 15) is 0 Å². The van der Waals surface area contributed by atoms with Gasteiger partial charge in [0.2, 0.25) is 0 Å². The lowest BCUT2D eigenvalue weighted by Gasteiger charge is -2.32. The number of nitrogens with one attached hydrogen (secondary N) is 1. The van der Waals surface area contributed by atoms with Crippen LogP contribution in [0.2, 0.25) is 0 Å². The van der Waals surface area contributed by atoms with Gasteiger partial charge in [0.05, 0.1) is 11.7 Å². The Bertz CT molecular complexity index is 599. The highest BCUT2D eigenvalue weighted by atomic mass is 16.6. The van der Waals surface area contributed by atoms with Gasteiger partial charge in [-0.05, 0) is 18.7 Å². The maximum Gasteiger partial charge on any atom is 0.161 e. The lowest BCUT2D eigenvalue weighted by Crippen LogP contribution is -2.49. The molecule has 0 amide bonds. The van der Waals surface area contributed by atoms with Gasteiger partial charge in [-0.1, -0.05) is 24.3 Å². The number of nitrogens with zero attached hydrogens (tertiary/aromatic N) is 3. The van der Waals surface area contributed by atoms with E-state index in [2.05, 4.69) is 22.6 Å². The first kappa shape index (κ1) is 13.9. The number of likely N-dealkylation sites (N-methyl/N-ethyl adjacent to an activating group) is 1. The smallest absolute Gasteiger partial charge is 0.161 e. The van der Waals surface area contributed by atoms with Gasteiger partial charge in [0.25, 0.3) is 0 Å². The van der Waals surface area contributed by atoms with Gasteiger partial charge in [0, 0.05) is 19.7 Å². The minimum Gasteiger partial charge on any atom is -0.486 e. The Morgan fingerprint density at radius 1 is 1.38 bits per heavy atom. The third kappa shape index (κ3) is 3.16. The molecule has 1 N–H and O–H groups in total. The van der Waals surface area contributed by atoms with Crippen molar-refractivity contribution in [2.45, 2.75) is 25.5 Å². The third-order valence-corrected chi connectivity index (χ3v) is 3.52. The molecule has 6 heteroatoms. The zero-order valence-corrected chi connectivity index (χ0v) is 12.3. The van der Waals surface area contributed by atoms with Crippen molar-refractivity contribution in [2.24, 2.45) is 7.05 Å². The lowest BCUT2D eigenvalue weighted by molar-refractivity contribution is 0.0621. The van der Waals surface area contributed by atoms with E-state index in [0.717, 1.165) is 30.2 Å². The first-order valence-electron chi connectivity index (χ1n) is 7.23. The van der Waals surface area contributed by atoms with Crippen LogP contribution in [-0.4, -0.2) is 40.3 Å². The van der Waals surface area contributed by atoms with Crippen LogP contribution < -0.4 is 14.8 Å². The molecule has 2 unspecified atom stereocenters. The molecule has 1 aromatic heterocycles. The third-order valence-electron chi connectivity index (χ3n) is 3.52. The number of fused-ring (bicyclic) bond motifs is 1. The molecule has 2 aromatic rings. The summed E-state index contributed by atoms with van der Waals surface area (Å²) < 4.78 is 13.6. The number of aryl methyl sites for hydroxylation is 1. The molecule has 0 saturated carbocycles. The molecule has 3 rings (SSSR count).